The first-order valence-electron chi connectivity index (χ1n) is 12.4. The van der Waals surface area contributed by atoms with E-state index in [4.69, 9.17) is 4.74 Å². The van der Waals surface area contributed by atoms with E-state index in [0.29, 0.717) is 36.9 Å². The summed E-state index contributed by atoms with van der Waals surface area (Å²) < 4.78 is 5.55. The van der Waals surface area contributed by atoms with Gasteiger partial charge in [-0.15, -0.1) is 0 Å². The molecule has 0 aliphatic carbocycles. The average Bonchev–Trinajstić information content (AvgIpc) is 2.81. The lowest BCUT2D eigenvalue weighted by Gasteiger charge is -2.25. The van der Waals surface area contributed by atoms with E-state index in [1.165, 1.54) is 31.7 Å². The van der Waals surface area contributed by atoms with Gasteiger partial charge in [0.15, 0.2) is 11.5 Å². The van der Waals surface area contributed by atoms with Crippen molar-refractivity contribution >= 4 is 12.0 Å². The third-order valence-corrected chi connectivity index (χ3v) is 5.80. The van der Waals surface area contributed by atoms with Gasteiger partial charge >= 0.3 is 0 Å². The Bertz CT molecular complexity index is 876. The molecule has 2 aromatic carbocycles. The Morgan fingerprint density at radius 3 is 2.48 bits per heavy atom. The zero-order valence-corrected chi connectivity index (χ0v) is 20.8. The van der Waals surface area contributed by atoms with Crippen LogP contribution in [0.5, 0.6) is 11.5 Å². The minimum absolute atomic E-state index is 0.0127. The lowest BCUT2D eigenvalue weighted by molar-refractivity contribution is 0.0761. The van der Waals surface area contributed by atoms with Crippen LogP contribution in [0, 0.1) is 5.92 Å². The Kier molecular flexibility index (Phi) is 11.6. The number of hydrogen-bond donors (Lipinski definition) is 1. The largest absolute Gasteiger partial charge is 0.504 e. The highest BCUT2D eigenvalue weighted by Gasteiger charge is 2.19. The van der Waals surface area contributed by atoms with E-state index < -0.39 is 0 Å². The normalized spacial score (nSPS) is 12.4. The zero-order valence-electron chi connectivity index (χ0n) is 20.8. The van der Waals surface area contributed by atoms with Gasteiger partial charge < -0.3 is 14.7 Å². The molecule has 1 N–H and O–H groups in total. The number of unbranched alkanes of at least 4 members (excludes halogenated alkanes) is 2. The molecule has 33 heavy (non-hydrogen) atoms. The van der Waals surface area contributed by atoms with Gasteiger partial charge in [0.2, 0.25) is 0 Å². The van der Waals surface area contributed by atoms with Gasteiger partial charge in [-0.25, -0.2) is 0 Å². The standard InChI is InChI=1S/C29H41NO3/c1-5-7-9-12-23(3)17-18-30(22-24(4)20-25-13-10-8-11-14-25)29(32)26-15-16-28(27(31)21-26)33-19-6-2/h8,10-11,13-16,20-21,23,31H,5-7,9,12,17-19,22H2,1-4H3/b24-20+. The van der Waals surface area contributed by atoms with Gasteiger partial charge in [-0.1, -0.05) is 88.4 Å². The number of phenols is 1. The summed E-state index contributed by atoms with van der Waals surface area (Å²) in [5.74, 6) is 0.945. The van der Waals surface area contributed by atoms with Gasteiger partial charge in [-0.3, -0.25) is 4.79 Å². The number of carbonyl (C=O) groups is 1. The van der Waals surface area contributed by atoms with Crippen LogP contribution in [-0.2, 0) is 0 Å². The van der Waals surface area contributed by atoms with Crippen LogP contribution < -0.4 is 4.74 Å². The minimum atomic E-state index is -0.0612. The molecule has 4 nitrogen and oxygen atoms in total. The van der Waals surface area contributed by atoms with Crippen molar-refractivity contribution in [3.63, 3.8) is 0 Å². The van der Waals surface area contributed by atoms with Crippen LogP contribution >= 0.6 is 0 Å². The van der Waals surface area contributed by atoms with Gasteiger partial charge in [0.1, 0.15) is 0 Å². The van der Waals surface area contributed by atoms with Crippen LogP contribution in [0.1, 0.15) is 82.1 Å². The lowest BCUT2D eigenvalue weighted by Crippen LogP contribution is -2.34. The third kappa shape index (κ3) is 9.33. The summed E-state index contributed by atoms with van der Waals surface area (Å²) in [5, 5.41) is 10.4. The van der Waals surface area contributed by atoms with Crippen LogP contribution in [0.15, 0.2) is 54.1 Å². The van der Waals surface area contributed by atoms with Crippen molar-refractivity contribution in [3.05, 3.63) is 65.2 Å². The topological polar surface area (TPSA) is 49.8 Å². The number of nitrogens with zero attached hydrogens (tertiary/aromatic N) is 1. The maximum atomic E-state index is 13.4. The van der Waals surface area contributed by atoms with E-state index in [9.17, 15) is 9.90 Å². The van der Waals surface area contributed by atoms with Crippen LogP contribution in [0.4, 0.5) is 0 Å². The highest BCUT2D eigenvalue weighted by molar-refractivity contribution is 5.95. The first-order valence-corrected chi connectivity index (χ1v) is 12.4. The predicted molar refractivity (Wildman–Crippen MR) is 138 cm³/mol. The molecular formula is C29H41NO3. The van der Waals surface area contributed by atoms with Gasteiger partial charge in [0.05, 0.1) is 6.61 Å². The molecule has 0 heterocycles. The Morgan fingerprint density at radius 2 is 1.82 bits per heavy atom. The molecule has 1 atom stereocenters. The minimum Gasteiger partial charge on any atom is -0.504 e. The monoisotopic (exact) mass is 451 g/mol. The molecule has 4 heteroatoms. The summed E-state index contributed by atoms with van der Waals surface area (Å²) in [7, 11) is 0. The molecule has 0 aromatic heterocycles. The first-order chi connectivity index (χ1) is 15.9. The van der Waals surface area contributed by atoms with E-state index in [2.05, 4.69) is 39.0 Å². The number of rotatable bonds is 14. The van der Waals surface area contributed by atoms with Crippen LogP contribution in [-0.4, -0.2) is 35.6 Å². The van der Waals surface area contributed by atoms with Crippen molar-refractivity contribution in [1.29, 1.82) is 0 Å². The molecule has 0 saturated carbocycles. The number of hydrogen-bond acceptors (Lipinski definition) is 3. The highest BCUT2D eigenvalue weighted by atomic mass is 16.5. The quantitative estimate of drug-likeness (QED) is 0.306. The van der Waals surface area contributed by atoms with Crippen LogP contribution in [0.2, 0.25) is 0 Å². The van der Waals surface area contributed by atoms with E-state index >= 15 is 0 Å². The fraction of sp³-hybridized carbons (Fsp3) is 0.483. The summed E-state index contributed by atoms with van der Waals surface area (Å²) in [6.45, 7) is 10.4. The smallest absolute Gasteiger partial charge is 0.254 e. The van der Waals surface area contributed by atoms with Crippen molar-refractivity contribution in [1.82, 2.24) is 4.90 Å². The SMILES string of the molecule is CCCCCC(C)CCN(C/C(C)=C/c1ccccc1)C(=O)c1ccc(OCCC)c(O)c1. The maximum absolute atomic E-state index is 13.4. The molecule has 0 aliphatic heterocycles. The molecule has 2 rings (SSSR count). The van der Waals surface area contributed by atoms with Crippen molar-refractivity contribution in [2.75, 3.05) is 19.7 Å². The van der Waals surface area contributed by atoms with Crippen molar-refractivity contribution in [2.45, 2.75) is 66.2 Å². The Balaban J connectivity index is 2.15. The highest BCUT2D eigenvalue weighted by Crippen LogP contribution is 2.28. The number of ether oxygens (including phenoxy) is 1. The summed E-state index contributed by atoms with van der Waals surface area (Å²) in [6, 6.07) is 15.1. The summed E-state index contributed by atoms with van der Waals surface area (Å²) in [6.07, 6.45) is 8.88. The predicted octanol–water partition coefficient (Wildman–Crippen LogP) is 7.33. The van der Waals surface area contributed by atoms with E-state index in [0.717, 1.165) is 24.0 Å². The lowest BCUT2D eigenvalue weighted by atomic mass is 9.99. The Labute approximate surface area is 200 Å². The van der Waals surface area contributed by atoms with E-state index in [-0.39, 0.29) is 11.7 Å². The van der Waals surface area contributed by atoms with Gasteiger partial charge in [-0.2, -0.15) is 0 Å². The average molecular weight is 452 g/mol. The van der Waals surface area contributed by atoms with Crippen LogP contribution in [0.25, 0.3) is 6.08 Å². The van der Waals surface area contributed by atoms with Crippen LogP contribution in [0.3, 0.4) is 0 Å². The second kappa shape index (κ2) is 14.4. The summed E-state index contributed by atoms with van der Waals surface area (Å²) in [5.41, 5.74) is 2.74. The Morgan fingerprint density at radius 1 is 1.06 bits per heavy atom. The molecule has 0 saturated heterocycles. The van der Waals surface area contributed by atoms with Gasteiger partial charge in [-0.05, 0) is 49.4 Å². The first kappa shape index (κ1) is 26.5. The molecule has 0 fully saturated rings. The van der Waals surface area contributed by atoms with Crippen molar-refractivity contribution in [2.24, 2.45) is 5.92 Å². The molecule has 0 radical (unpaired) electrons. The number of aromatic hydroxyl groups is 1. The molecule has 0 spiro atoms. The van der Waals surface area contributed by atoms with Gasteiger partial charge in [0, 0.05) is 18.7 Å². The fourth-order valence-corrected chi connectivity index (χ4v) is 3.86. The fourth-order valence-electron chi connectivity index (χ4n) is 3.86. The third-order valence-electron chi connectivity index (χ3n) is 5.80. The van der Waals surface area contributed by atoms with Crippen molar-refractivity contribution < 1.29 is 14.6 Å². The summed E-state index contributed by atoms with van der Waals surface area (Å²) in [4.78, 5) is 15.3. The second-order valence-electron chi connectivity index (χ2n) is 9.05. The second-order valence-corrected chi connectivity index (χ2v) is 9.05. The molecule has 0 bridgehead atoms. The number of carbonyl (C=O) groups excluding carboxylic acids is 1. The van der Waals surface area contributed by atoms with Crippen molar-refractivity contribution in [3.8, 4) is 11.5 Å². The Hall–Kier alpha value is -2.75. The number of phenolic OH excluding ortho intramolecular Hbond substituents is 1. The molecule has 2 aromatic rings. The molecule has 1 unspecified atom stereocenters. The number of amides is 1. The van der Waals surface area contributed by atoms with Gasteiger partial charge in [0.25, 0.3) is 5.91 Å². The molecule has 180 valence electrons. The molecule has 0 aliphatic rings. The molecular weight excluding hydrogens is 410 g/mol. The number of benzene rings is 2. The zero-order chi connectivity index (χ0) is 24.1. The maximum Gasteiger partial charge on any atom is 0.254 e. The van der Waals surface area contributed by atoms with E-state index in [1.54, 1.807) is 12.1 Å². The van der Waals surface area contributed by atoms with E-state index in [1.807, 2.05) is 30.0 Å². The molecule has 1 amide bonds. The summed E-state index contributed by atoms with van der Waals surface area (Å²) >= 11 is 0.